The van der Waals surface area contributed by atoms with Crippen LogP contribution in [0.5, 0.6) is 0 Å². The SMILES string of the molecule is Fc1ccc2c(I)c[nH]c2n1. The molecule has 0 saturated carbocycles. The number of aromatic amines is 1. The number of pyridine rings is 1. The lowest BCUT2D eigenvalue weighted by Gasteiger charge is -1.88. The second kappa shape index (κ2) is 2.44. The molecule has 0 fully saturated rings. The van der Waals surface area contributed by atoms with Crippen LogP contribution in [0.2, 0.25) is 0 Å². The predicted molar refractivity (Wildman–Crippen MR) is 48.8 cm³/mol. The molecule has 0 amide bonds. The lowest BCUT2D eigenvalue weighted by Crippen LogP contribution is -1.81. The molecule has 0 saturated heterocycles. The third-order valence-corrected chi connectivity index (χ3v) is 2.35. The molecule has 0 aliphatic carbocycles. The first kappa shape index (κ1) is 7.02. The number of H-pyrrole nitrogens is 1. The Labute approximate surface area is 76.0 Å². The molecule has 2 heterocycles. The number of rotatable bonds is 0. The van der Waals surface area contributed by atoms with Crippen molar-refractivity contribution >= 4 is 33.6 Å². The van der Waals surface area contributed by atoms with Crippen LogP contribution >= 0.6 is 22.6 Å². The highest BCUT2D eigenvalue weighted by atomic mass is 127. The minimum absolute atomic E-state index is 0.448. The lowest BCUT2D eigenvalue weighted by molar-refractivity contribution is 0.588. The number of nitrogens with zero attached hydrogens (tertiary/aromatic N) is 1. The second-order valence-corrected chi connectivity index (χ2v) is 3.33. The summed E-state index contributed by atoms with van der Waals surface area (Å²) in [6, 6.07) is 3.08. The molecule has 2 aromatic heterocycles. The van der Waals surface area contributed by atoms with E-state index in [1.54, 1.807) is 12.3 Å². The van der Waals surface area contributed by atoms with Crippen LogP contribution in [0.15, 0.2) is 18.3 Å². The molecule has 0 radical (unpaired) electrons. The van der Waals surface area contributed by atoms with E-state index in [0.717, 1.165) is 8.96 Å². The van der Waals surface area contributed by atoms with Crippen molar-refractivity contribution in [3.8, 4) is 0 Å². The molecule has 2 aromatic rings. The number of hydrogen-bond donors (Lipinski definition) is 1. The van der Waals surface area contributed by atoms with Gasteiger partial charge in [0, 0.05) is 15.2 Å². The van der Waals surface area contributed by atoms with Crippen LogP contribution in [0.3, 0.4) is 0 Å². The van der Waals surface area contributed by atoms with Gasteiger partial charge in [0.2, 0.25) is 5.95 Å². The monoisotopic (exact) mass is 262 g/mol. The minimum Gasteiger partial charge on any atom is -0.345 e. The maximum atomic E-state index is 12.5. The highest BCUT2D eigenvalue weighted by Crippen LogP contribution is 2.17. The van der Waals surface area contributed by atoms with Crippen LogP contribution in [-0.4, -0.2) is 9.97 Å². The molecular weight excluding hydrogens is 258 g/mol. The van der Waals surface area contributed by atoms with Crippen molar-refractivity contribution in [2.75, 3.05) is 0 Å². The average Bonchev–Trinajstić information content (AvgIpc) is 2.32. The summed E-state index contributed by atoms with van der Waals surface area (Å²) >= 11 is 2.17. The molecule has 2 nitrogen and oxygen atoms in total. The Balaban J connectivity index is 2.86. The van der Waals surface area contributed by atoms with E-state index in [2.05, 4.69) is 32.6 Å². The van der Waals surface area contributed by atoms with Gasteiger partial charge in [-0.25, -0.2) is 4.98 Å². The van der Waals surface area contributed by atoms with E-state index in [0.29, 0.717) is 5.65 Å². The van der Waals surface area contributed by atoms with Crippen LogP contribution in [0, 0.1) is 9.52 Å². The van der Waals surface area contributed by atoms with Gasteiger partial charge < -0.3 is 4.98 Å². The number of nitrogens with one attached hydrogen (secondary N) is 1. The van der Waals surface area contributed by atoms with E-state index < -0.39 is 5.95 Å². The summed E-state index contributed by atoms with van der Waals surface area (Å²) in [5.74, 6) is -0.448. The maximum Gasteiger partial charge on any atom is 0.214 e. The summed E-state index contributed by atoms with van der Waals surface area (Å²) in [6.07, 6.45) is 1.80. The summed E-state index contributed by atoms with van der Waals surface area (Å²) in [5.41, 5.74) is 0.606. The molecule has 0 aromatic carbocycles. The minimum atomic E-state index is -0.448. The van der Waals surface area contributed by atoms with Crippen molar-refractivity contribution in [2.24, 2.45) is 0 Å². The van der Waals surface area contributed by atoms with E-state index in [4.69, 9.17) is 0 Å². The van der Waals surface area contributed by atoms with Gasteiger partial charge >= 0.3 is 0 Å². The summed E-state index contributed by atoms with van der Waals surface area (Å²) in [4.78, 5) is 6.54. The molecule has 0 bridgehead atoms. The van der Waals surface area contributed by atoms with Crippen molar-refractivity contribution in [3.05, 3.63) is 27.8 Å². The van der Waals surface area contributed by atoms with Gasteiger partial charge in [-0.05, 0) is 34.7 Å². The Hall–Kier alpha value is -0.650. The molecule has 0 spiro atoms. The van der Waals surface area contributed by atoms with E-state index in [9.17, 15) is 4.39 Å². The number of fused-ring (bicyclic) bond motifs is 1. The van der Waals surface area contributed by atoms with Crippen molar-refractivity contribution in [1.29, 1.82) is 0 Å². The molecule has 0 aliphatic rings. The van der Waals surface area contributed by atoms with Gasteiger partial charge in [0.25, 0.3) is 0 Å². The fourth-order valence-corrected chi connectivity index (χ4v) is 1.54. The second-order valence-electron chi connectivity index (χ2n) is 2.17. The van der Waals surface area contributed by atoms with E-state index in [1.165, 1.54) is 6.07 Å². The van der Waals surface area contributed by atoms with Crippen molar-refractivity contribution in [2.45, 2.75) is 0 Å². The Bertz CT molecular complexity index is 396. The first-order chi connectivity index (χ1) is 5.27. The fourth-order valence-electron chi connectivity index (χ4n) is 0.948. The van der Waals surface area contributed by atoms with Crippen LogP contribution in [0.25, 0.3) is 11.0 Å². The molecule has 11 heavy (non-hydrogen) atoms. The first-order valence-electron chi connectivity index (χ1n) is 3.06. The third kappa shape index (κ3) is 1.11. The molecule has 0 unspecified atom stereocenters. The zero-order valence-corrected chi connectivity index (χ0v) is 7.59. The zero-order chi connectivity index (χ0) is 7.84. The summed E-state index contributed by atoms with van der Waals surface area (Å²) in [7, 11) is 0. The average molecular weight is 262 g/mol. The normalized spacial score (nSPS) is 10.7. The van der Waals surface area contributed by atoms with Crippen molar-refractivity contribution in [3.63, 3.8) is 0 Å². The maximum absolute atomic E-state index is 12.5. The van der Waals surface area contributed by atoms with Gasteiger partial charge in [-0.1, -0.05) is 0 Å². The molecule has 0 aliphatic heterocycles. The zero-order valence-electron chi connectivity index (χ0n) is 5.44. The van der Waals surface area contributed by atoms with Gasteiger partial charge in [-0.3, -0.25) is 0 Å². The van der Waals surface area contributed by atoms with Gasteiger partial charge in [0.05, 0.1) is 0 Å². The van der Waals surface area contributed by atoms with Crippen LogP contribution in [0.4, 0.5) is 4.39 Å². The number of aromatic nitrogens is 2. The van der Waals surface area contributed by atoms with E-state index >= 15 is 0 Å². The van der Waals surface area contributed by atoms with Gasteiger partial charge in [-0.2, -0.15) is 4.39 Å². The largest absolute Gasteiger partial charge is 0.345 e. The topological polar surface area (TPSA) is 28.7 Å². The lowest BCUT2D eigenvalue weighted by atomic mass is 10.3. The van der Waals surface area contributed by atoms with Crippen LogP contribution < -0.4 is 0 Å². The molecular formula is C7H4FIN2. The van der Waals surface area contributed by atoms with Crippen molar-refractivity contribution in [1.82, 2.24) is 9.97 Å². The molecule has 1 N–H and O–H groups in total. The predicted octanol–water partition coefficient (Wildman–Crippen LogP) is 2.31. The molecule has 4 heteroatoms. The van der Waals surface area contributed by atoms with Gasteiger partial charge in [0.1, 0.15) is 5.65 Å². The third-order valence-electron chi connectivity index (χ3n) is 1.45. The Morgan fingerprint density at radius 1 is 1.45 bits per heavy atom. The first-order valence-corrected chi connectivity index (χ1v) is 4.14. The summed E-state index contributed by atoms with van der Waals surface area (Å²) in [6.45, 7) is 0. The highest BCUT2D eigenvalue weighted by molar-refractivity contribution is 14.1. The van der Waals surface area contributed by atoms with Crippen LogP contribution in [0.1, 0.15) is 0 Å². The van der Waals surface area contributed by atoms with Gasteiger partial charge in [-0.15, -0.1) is 0 Å². The van der Waals surface area contributed by atoms with Crippen molar-refractivity contribution < 1.29 is 4.39 Å². The van der Waals surface area contributed by atoms with Gasteiger partial charge in [0.15, 0.2) is 0 Å². The molecule has 2 rings (SSSR count). The Morgan fingerprint density at radius 3 is 3.09 bits per heavy atom. The number of hydrogen-bond acceptors (Lipinski definition) is 1. The van der Waals surface area contributed by atoms with E-state index in [1.807, 2.05) is 0 Å². The smallest absolute Gasteiger partial charge is 0.214 e. The number of halogens is 2. The summed E-state index contributed by atoms with van der Waals surface area (Å²) in [5, 5.41) is 0.965. The molecule has 56 valence electrons. The Kier molecular flexibility index (Phi) is 1.56. The molecule has 0 atom stereocenters. The van der Waals surface area contributed by atoms with Crippen LogP contribution in [-0.2, 0) is 0 Å². The Morgan fingerprint density at radius 2 is 2.27 bits per heavy atom. The van der Waals surface area contributed by atoms with E-state index in [-0.39, 0.29) is 0 Å². The fraction of sp³-hybridized carbons (Fsp3) is 0. The quantitative estimate of drug-likeness (QED) is 0.572. The highest BCUT2D eigenvalue weighted by Gasteiger charge is 2.01. The summed E-state index contributed by atoms with van der Waals surface area (Å²) < 4.78 is 13.6. The standard InChI is InChI=1S/C7H4FIN2/c8-6-2-1-4-5(9)3-10-7(4)11-6/h1-3H,(H,10,11).